The quantitative estimate of drug-likeness (QED) is 0.181. The lowest BCUT2D eigenvalue weighted by Gasteiger charge is -2.26. The number of para-hydroxylation sites is 1. The number of benzene rings is 8. The molecule has 230 valence electrons. The molecule has 0 fully saturated rings. The van der Waals surface area contributed by atoms with Crippen molar-refractivity contribution in [1.82, 2.24) is 4.57 Å². The van der Waals surface area contributed by atoms with Crippen molar-refractivity contribution in [1.29, 1.82) is 0 Å². The van der Waals surface area contributed by atoms with Crippen LogP contribution >= 0.6 is 11.3 Å². The molecule has 0 N–H and O–H groups in total. The Balaban J connectivity index is 1.23. The van der Waals surface area contributed by atoms with Crippen LogP contribution in [0.1, 0.15) is 0 Å². The van der Waals surface area contributed by atoms with Crippen LogP contribution in [0.2, 0.25) is 0 Å². The molecule has 0 bridgehead atoms. The summed E-state index contributed by atoms with van der Waals surface area (Å²) in [6, 6.07) is 66.3. The average Bonchev–Trinajstić information content (AvgIpc) is 3.70. The minimum Gasteiger partial charge on any atom is -0.310 e. The smallest absolute Gasteiger partial charge is 0.0542 e. The van der Waals surface area contributed by atoms with E-state index in [4.69, 9.17) is 0 Å². The topological polar surface area (TPSA) is 8.17 Å². The highest BCUT2D eigenvalue weighted by Gasteiger charge is 2.19. The average molecular weight is 643 g/mol. The van der Waals surface area contributed by atoms with Crippen molar-refractivity contribution < 1.29 is 0 Å². The summed E-state index contributed by atoms with van der Waals surface area (Å²) in [7, 11) is 0. The van der Waals surface area contributed by atoms with E-state index in [9.17, 15) is 0 Å². The first kappa shape index (κ1) is 27.9. The van der Waals surface area contributed by atoms with Gasteiger partial charge in [-0.05, 0) is 94.7 Å². The lowest BCUT2D eigenvalue weighted by Crippen LogP contribution is -2.09. The van der Waals surface area contributed by atoms with Crippen LogP contribution in [-0.2, 0) is 0 Å². The van der Waals surface area contributed by atoms with Gasteiger partial charge in [0.05, 0.1) is 11.0 Å². The SMILES string of the molecule is c1ccc(-c2ccc3c(c2)c2cc(N(c4ccc5ccccc5c4)c4ccc5c(c4)sc4ccccc45)ccc2n3-c2ccccc2)cc1. The Hall–Kier alpha value is -6.16. The Labute approximate surface area is 288 Å². The molecule has 10 aromatic rings. The van der Waals surface area contributed by atoms with Crippen LogP contribution in [0.25, 0.3) is 69.6 Å². The summed E-state index contributed by atoms with van der Waals surface area (Å²) >= 11 is 1.86. The molecule has 8 aromatic carbocycles. The van der Waals surface area contributed by atoms with E-state index >= 15 is 0 Å². The van der Waals surface area contributed by atoms with Crippen molar-refractivity contribution in [2.24, 2.45) is 0 Å². The van der Waals surface area contributed by atoms with Crippen molar-refractivity contribution in [2.45, 2.75) is 0 Å². The number of hydrogen-bond acceptors (Lipinski definition) is 2. The maximum absolute atomic E-state index is 2.42. The number of fused-ring (bicyclic) bond motifs is 7. The molecule has 0 spiro atoms. The standard InChI is InChI=1S/C46H30N2S/c1-3-11-31(12-4-1)34-20-25-43-41(28-34)42-29-37(23-26-44(42)48(43)35-15-5-2-6-16-35)47(36-21-19-32-13-7-8-14-33(32)27-36)38-22-24-40-39-17-9-10-18-45(39)49-46(40)30-38/h1-30H. The number of hydrogen-bond donors (Lipinski definition) is 0. The lowest BCUT2D eigenvalue weighted by molar-refractivity contribution is 1.18. The first-order chi connectivity index (χ1) is 24.3. The van der Waals surface area contributed by atoms with Crippen molar-refractivity contribution in [3.05, 3.63) is 182 Å². The molecule has 2 aromatic heterocycles. The van der Waals surface area contributed by atoms with Gasteiger partial charge in [-0.15, -0.1) is 11.3 Å². The van der Waals surface area contributed by atoms with Gasteiger partial charge in [-0.3, -0.25) is 0 Å². The summed E-state index contributed by atoms with van der Waals surface area (Å²) < 4.78 is 5.00. The maximum Gasteiger partial charge on any atom is 0.0542 e. The Kier molecular flexibility index (Phi) is 6.39. The highest BCUT2D eigenvalue weighted by Crippen LogP contribution is 2.43. The summed E-state index contributed by atoms with van der Waals surface area (Å²) in [6.07, 6.45) is 0. The van der Waals surface area contributed by atoms with Crippen molar-refractivity contribution in [2.75, 3.05) is 4.90 Å². The zero-order chi connectivity index (χ0) is 32.3. The molecule has 3 heteroatoms. The molecular formula is C46H30N2S. The monoisotopic (exact) mass is 642 g/mol. The lowest BCUT2D eigenvalue weighted by atomic mass is 10.0. The molecule has 0 saturated heterocycles. The van der Waals surface area contributed by atoms with Gasteiger partial charge >= 0.3 is 0 Å². The van der Waals surface area contributed by atoms with Crippen LogP contribution in [0.4, 0.5) is 17.1 Å². The van der Waals surface area contributed by atoms with E-state index in [1.807, 2.05) is 11.3 Å². The molecule has 0 amide bonds. The third-order valence-electron chi connectivity index (χ3n) is 9.74. The van der Waals surface area contributed by atoms with Gasteiger partial charge in [-0.2, -0.15) is 0 Å². The molecule has 0 aliphatic carbocycles. The molecule has 2 nitrogen and oxygen atoms in total. The van der Waals surface area contributed by atoms with E-state index in [-0.39, 0.29) is 0 Å². The third kappa shape index (κ3) is 4.62. The fourth-order valence-corrected chi connectivity index (χ4v) is 8.57. The van der Waals surface area contributed by atoms with Crippen LogP contribution in [0, 0.1) is 0 Å². The summed E-state index contributed by atoms with van der Waals surface area (Å²) in [5.74, 6) is 0. The number of rotatable bonds is 5. The predicted octanol–water partition coefficient (Wildman–Crippen LogP) is 13.4. The second kappa shape index (κ2) is 11.2. The highest BCUT2D eigenvalue weighted by atomic mass is 32.1. The fourth-order valence-electron chi connectivity index (χ4n) is 7.43. The molecular weight excluding hydrogens is 613 g/mol. The Morgan fingerprint density at radius 3 is 1.84 bits per heavy atom. The zero-order valence-electron chi connectivity index (χ0n) is 26.6. The van der Waals surface area contributed by atoms with Crippen molar-refractivity contribution in [3.8, 4) is 16.8 Å². The zero-order valence-corrected chi connectivity index (χ0v) is 27.4. The van der Waals surface area contributed by atoms with Crippen molar-refractivity contribution in [3.63, 3.8) is 0 Å². The Morgan fingerprint density at radius 1 is 0.367 bits per heavy atom. The maximum atomic E-state index is 2.42. The summed E-state index contributed by atoms with van der Waals surface area (Å²) in [4.78, 5) is 2.42. The van der Waals surface area contributed by atoms with Crippen molar-refractivity contribution >= 4 is 81.1 Å². The van der Waals surface area contributed by atoms with Crippen LogP contribution in [0.3, 0.4) is 0 Å². The molecule has 2 heterocycles. The van der Waals surface area contributed by atoms with E-state index in [0.717, 1.165) is 22.7 Å². The second-order valence-electron chi connectivity index (χ2n) is 12.6. The van der Waals surface area contributed by atoms with Gasteiger partial charge in [-0.25, -0.2) is 0 Å². The predicted molar refractivity (Wildman–Crippen MR) is 211 cm³/mol. The first-order valence-electron chi connectivity index (χ1n) is 16.7. The molecule has 0 atom stereocenters. The summed E-state index contributed by atoms with van der Waals surface area (Å²) in [5.41, 5.74) is 9.38. The van der Waals surface area contributed by atoms with Crippen LogP contribution < -0.4 is 4.90 Å². The summed E-state index contributed by atoms with van der Waals surface area (Å²) in [6.45, 7) is 0. The van der Waals surface area contributed by atoms with Crippen LogP contribution in [0.5, 0.6) is 0 Å². The van der Waals surface area contributed by atoms with Gasteiger partial charge in [-0.1, -0.05) is 109 Å². The molecule has 0 radical (unpaired) electrons. The minimum absolute atomic E-state index is 1.13. The van der Waals surface area contributed by atoms with E-state index in [1.54, 1.807) is 0 Å². The number of thiophene rings is 1. The molecule has 0 aliphatic heterocycles. The summed E-state index contributed by atoms with van der Waals surface area (Å²) in [5, 5.41) is 7.54. The Bertz CT molecular complexity index is 2830. The molecule has 0 unspecified atom stereocenters. The number of anilines is 3. The molecule has 10 rings (SSSR count). The third-order valence-corrected chi connectivity index (χ3v) is 10.9. The normalized spacial score (nSPS) is 11.7. The second-order valence-corrected chi connectivity index (χ2v) is 13.7. The molecule has 0 saturated carbocycles. The number of aromatic nitrogens is 1. The largest absolute Gasteiger partial charge is 0.310 e. The first-order valence-corrected chi connectivity index (χ1v) is 17.5. The van der Waals surface area contributed by atoms with Gasteiger partial charge < -0.3 is 9.47 Å². The van der Waals surface area contributed by atoms with Gasteiger partial charge in [0.25, 0.3) is 0 Å². The van der Waals surface area contributed by atoms with Gasteiger partial charge in [0, 0.05) is 53.7 Å². The minimum atomic E-state index is 1.13. The van der Waals surface area contributed by atoms with Gasteiger partial charge in [0.1, 0.15) is 0 Å². The van der Waals surface area contributed by atoms with Gasteiger partial charge in [0.15, 0.2) is 0 Å². The fraction of sp³-hybridized carbons (Fsp3) is 0. The van der Waals surface area contributed by atoms with E-state index in [1.165, 1.54) is 63.9 Å². The van der Waals surface area contributed by atoms with E-state index in [2.05, 4.69) is 191 Å². The van der Waals surface area contributed by atoms with Crippen LogP contribution in [0.15, 0.2) is 182 Å². The van der Waals surface area contributed by atoms with E-state index < -0.39 is 0 Å². The van der Waals surface area contributed by atoms with E-state index in [0.29, 0.717) is 0 Å². The molecule has 49 heavy (non-hydrogen) atoms. The molecule has 0 aliphatic rings. The van der Waals surface area contributed by atoms with Gasteiger partial charge in [0.2, 0.25) is 0 Å². The Morgan fingerprint density at radius 2 is 0.980 bits per heavy atom. The highest BCUT2D eigenvalue weighted by molar-refractivity contribution is 7.25. The van der Waals surface area contributed by atoms with Crippen LogP contribution in [-0.4, -0.2) is 4.57 Å². The number of nitrogens with zero attached hydrogens (tertiary/aromatic N) is 2.